The van der Waals surface area contributed by atoms with E-state index in [1.807, 2.05) is 17.0 Å². The SMILES string of the molecule is CC1CCN(c2ccc(C(=O)N3CCC(CN)C3)cn2)CC1. The standard InChI is InChI=1S/C17H26N4O/c1-13-4-7-20(8-5-13)16-3-2-15(11-19-16)17(22)21-9-6-14(10-18)12-21/h2-3,11,13-14H,4-10,12,18H2,1H3. The summed E-state index contributed by atoms with van der Waals surface area (Å²) in [7, 11) is 0. The van der Waals surface area contributed by atoms with Crippen LogP contribution in [0.25, 0.3) is 0 Å². The van der Waals surface area contributed by atoms with Gasteiger partial charge in [0, 0.05) is 32.4 Å². The van der Waals surface area contributed by atoms with E-state index in [9.17, 15) is 4.79 Å². The van der Waals surface area contributed by atoms with Gasteiger partial charge in [0.05, 0.1) is 5.56 Å². The van der Waals surface area contributed by atoms with E-state index in [2.05, 4.69) is 16.8 Å². The van der Waals surface area contributed by atoms with Gasteiger partial charge in [0.25, 0.3) is 5.91 Å². The zero-order chi connectivity index (χ0) is 15.5. The quantitative estimate of drug-likeness (QED) is 0.924. The summed E-state index contributed by atoms with van der Waals surface area (Å²) in [4.78, 5) is 21.2. The van der Waals surface area contributed by atoms with Crippen LogP contribution in [0.2, 0.25) is 0 Å². The Morgan fingerprint density at radius 3 is 2.64 bits per heavy atom. The number of hydrogen-bond acceptors (Lipinski definition) is 4. The molecule has 0 radical (unpaired) electrons. The fraction of sp³-hybridized carbons (Fsp3) is 0.647. The van der Waals surface area contributed by atoms with Crippen LogP contribution >= 0.6 is 0 Å². The summed E-state index contributed by atoms with van der Waals surface area (Å²) in [5.74, 6) is 2.33. The van der Waals surface area contributed by atoms with Crippen LogP contribution in [0.5, 0.6) is 0 Å². The lowest BCUT2D eigenvalue weighted by atomic mass is 9.99. The van der Waals surface area contributed by atoms with Crippen molar-refractivity contribution in [3.63, 3.8) is 0 Å². The molecule has 1 aromatic rings. The Hall–Kier alpha value is -1.62. The highest BCUT2D eigenvalue weighted by Gasteiger charge is 2.26. The molecule has 3 rings (SSSR count). The van der Waals surface area contributed by atoms with E-state index in [0.29, 0.717) is 18.0 Å². The number of hydrogen-bond donors (Lipinski definition) is 1. The second kappa shape index (κ2) is 6.65. The topological polar surface area (TPSA) is 62.5 Å². The number of piperidine rings is 1. The Labute approximate surface area is 132 Å². The lowest BCUT2D eigenvalue weighted by molar-refractivity contribution is 0.0787. The Balaban J connectivity index is 1.63. The molecule has 0 spiro atoms. The minimum absolute atomic E-state index is 0.0854. The zero-order valence-electron chi connectivity index (χ0n) is 13.4. The molecule has 22 heavy (non-hydrogen) atoms. The molecule has 2 saturated heterocycles. The number of carbonyl (C=O) groups excluding carboxylic acids is 1. The van der Waals surface area contributed by atoms with Crippen LogP contribution in [0, 0.1) is 11.8 Å². The average molecular weight is 302 g/mol. The highest BCUT2D eigenvalue weighted by atomic mass is 16.2. The Morgan fingerprint density at radius 1 is 1.27 bits per heavy atom. The highest BCUT2D eigenvalue weighted by Crippen LogP contribution is 2.22. The smallest absolute Gasteiger partial charge is 0.255 e. The molecular formula is C17H26N4O. The van der Waals surface area contributed by atoms with Crippen LogP contribution in [0.1, 0.15) is 36.5 Å². The zero-order valence-corrected chi connectivity index (χ0v) is 13.4. The third-order valence-corrected chi connectivity index (χ3v) is 5.01. The van der Waals surface area contributed by atoms with Crippen molar-refractivity contribution in [2.24, 2.45) is 17.6 Å². The number of anilines is 1. The number of aromatic nitrogens is 1. The first-order valence-corrected chi connectivity index (χ1v) is 8.37. The first kappa shape index (κ1) is 15.3. The van der Waals surface area contributed by atoms with Crippen LogP contribution in [-0.2, 0) is 0 Å². The Bertz CT molecular complexity index is 508. The van der Waals surface area contributed by atoms with Gasteiger partial charge >= 0.3 is 0 Å². The molecule has 1 aromatic heterocycles. The maximum Gasteiger partial charge on any atom is 0.255 e. The van der Waals surface area contributed by atoms with Crippen molar-refractivity contribution in [1.82, 2.24) is 9.88 Å². The van der Waals surface area contributed by atoms with Crippen molar-refractivity contribution in [3.05, 3.63) is 23.9 Å². The molecule has 0 aromatic carbocycles. The maximum absolute atomic E-state index is 12.5. The maximum atomic E-state index is 12.5. The van der Waals surface area contributed by atoms with Gasteiger partial charge in [-0.15, -0.1) is 0 Å². The van der Waals surface area contributed by atoms with Gasteiger partial charge in [-0.2, -0.15) is 0 Å². The molecule has 1 unspecified atom stereocenters. The number of pyridine rings is 1. The normalized spacial score (nSPS) is 23.1. The summed E-state index contributed by atoms with van der Waals surface area (Å²) in [6, 6.07) is 3.90. The second-order valence-corrected chi connectivity index (χ2v) is 6.72. The van der Waals surface area contributed by atoms with Gasteiger partial charge < -0.3 is 15.5 Å². The number of nitrogens with zero attached hydrogens (tertiary/aromatic N) is 3. The second-order valence-electron chi connectivity index (χ2n) is 6.72. The monoisotopic (exact) mass is 302 g/mol. The van der Waals surface area contributed by atoms with E-state index in [4.69, 9.17) is 5.73 Å². The van der Waals surface area contributed by atoms with Crippen LogP contribution in [-0.4, -0.2) is 48.5 Å². The molecule has 2 fully saturated rings. The molecule has 2 N–H and O–H groups in total. The van der Waals surface area contributed by atoms with E-state index >= 15 is 0 Å². The van der Waals surface area contributed by atoms with E-state index in [-0.39, 0.29) is 5.91 Å². The van der Waals surface area contributed by atoms with Crippen molar-refractivity contribution in [2.75, 3.05) is 37.6 Å². The molecule has 1 atom stereocenters. The van der Waals surface area contributed by atoms with Gasteiger partial charge in [-0.25, -0.2) is 4.98 Å². The fourth-order valence-electron chi connectivity index (χ4n) is 3.33. The van der Waals surface area contributed by atoms with Crippen LogP contribution < -0.4 is 10.6 Å². The molecule has 0 bridgehead atoms. The van der Waals surface area contributed by atoms with Crippen LogP contribution in [0.15, 0.2) is 18.3 Å². The number of amides is 1. The predicted octanol–water partition coefficient (Wildman–Crippen LogP) is 1.74. The van der Waals surface area contributed by atoms with Crippen molar-refractivity contribution in [2.45, 2.75) is 26.2 Å². The van der Waals surface area contributed by atoms with Crippen molar-refractivity contribution < 1.29 is 4.79 Å². The molecule has 3 heterocycles. The minimum atomic E-state index is 0.0854. The average Bonchev–Trinajstić information content (AvgIpc) is 3.04. The number of nitrogens with two attached hydrogens (primary N) is 1. The summed E-state index contributed by atoms with van der Waals surface area (Å²) in [6.45, 7) is 6.68. The summed E-state index contributed by atoms with van der Waals surface area (Å²) in [5.41, 5.74) is 6.38. The van der Waals surface area contributed by atoms with Gasteiger partial charge in [-0.05, 0) is 49.8 Å². The molecule has 1 amide bonds. The van der Waals surface area contributed by atoms with E-state index in [0.717, 1.165) is 44.3 Å². The van der Waals surface area contributed by atoms with E-state index in [1.54, 1.807) is 6.20 Å². The highest BCUT2D eigenvalue weighted by molar-refractivity contribution is 5.94. The van der Waals surface area contributed by atoms with Gasteiger partial charge in [-0.1, -0.05) is 6.92 Å². The van der Waals surface area contributed by atoms with Crippen LogP contribution in [0.3, 0.4) is 0 Å². The fourth-order valence-corrected chi connectivity index (χ4v) is 3.33. The van der Waals surface area contributed by atoms with E-state index in [1.165, 1.54) is 12.8 Å². The molecule has 2 aliphatic heterocycles. The summed E-state index contributed by atoms with van der Waals surface area (Å²) >= 11 is 0. The third kappa shape index (κ3) is 3.24. The number of rotatable bonds is 3. The number of carbonyl (C=O) groups is 1. The molecule has 5 heteroatoms. The van der Waals surface area contributed by atoms with Gasteiger partial charge in [0.15, 0.2) is 0 Å². The first-order valence-electron chi connectivity index (χ1n) is 8.37. The number of likely N-dealkylation sites (tertiary alicyclic amines) is 1. The third-order valence-electron chi connectivity index (χ3n) is 5.01. The molecular weight excluding hydrogens is 276 g/mol. The molecule has 120 valence electrons. The Kier molecular flexibility index (Phi) is 4.62. The lowest BCUT2D eigenvalue weighted by Crippen LogP contribution is -2.33. The van der Waals surface area contributed by atoms with Gasteiger partial charge in [-0.3, -0.25) is 4.79 Å². The Morgan fingerprint density at radius 2 is 2.05 bits per heavy atom. The summed E-state index contributed by atoms with van der Waals surface area (Å²) in [6.07, 6.45) is 5.18. The van der Waals surface area contributed by atoms with Gasteiger partial charge in [0.1, 0.15) is 5.82 Å². The molecule has 0 saturated carbocycles. The predicted molar refractivity (Wildman–Crippen MR) is 87.9 cm³/mol. The summed E-state index contributed by atoms with van der Waals surface area (Å²) < 4.78 is 0. The van der Waals surface area contributed by atoms with Crippen LogP contribution in [0.4, 0.5) is 5.82 Å². The minimum Gasteiger partial charge on any atom is -0.357 e. The lowest BCUT2D eigenvalue weighted by Gasteiger charge is -2.31. The van der Waals surface area contributed by atoms with Crippen molar-refractivity contribution >= 4 is 11.7 Å². The van der Waals surface area contributed by atoms with Crippen molar-refractivity contribution in [1.29, 1.82) is 0 Å². The molecule has 5 nitrogen and oxygen atoms in total. The van der Waals surface area contributed by atoms with E-state index < -0.39 is 0 Å². The van der Waals surface area contributed by atoms with Gasteiger partial charge in [0.2, 0.25) is 0 Å². The molecule has 2 aliphatic rings. The largest absolute Gasteiger partial charge is 0.357 e. The van der Waals surface area contributed by atoms with Crippen molar-refractivity contribution in [3.8, 4) is 0 Å². The first-order chi connectivity index (χ1) is 10.7. The summed E-state index contributed by atoms with van der Waals surface area (Å²) in [5, 5.41) is 0. The molecule has 0 aliphatic carbocycles.